The van der Waals surface area contributed by atoms with Gasteiger partial charge in [-0.25, -0.2) is 4.98 Å². The summed E-state index contributed by atoms with van der Waals surface area (Å²) in [6.07, 6.45) is 4.37. The van der Waals surface area contributed by atoms with Crippen LogP contribution >= 0.6 is 22.7 Å². The number of thiazole rings is 1. The minimum absolute atomic E-state index is 0.0550. The number of thiophene rings is 1. The highest BCUT2D eigenvalue weighted by atomic mass is 32.1. The summed E-state index contributed by atoms with van der Waals surface area (Å²) in [5.74, 6) is -0.205. The van der Waals surface area contributed by atoms with Gasteiger partial charge in [0.2, 0.25) is 5.91 Å². The Morgan fingerprint density at radius 2 is 2.21 bits per heavy atom. The van der Waals surface area contributed by atoms with Gasteiger partial charge in [0, 0.05) is 22.5 Å². The molecule has 6 nitrogen and oxygen atoms in total. The number of nitrogens with one attached hydrogen (secondary N) is 1. The molecule has 2 N–H and O–H groups in total. The monoisotopic (exact) mass is 363 g/mol. The van der Waals surface area contributed by atoms with Crippen molar-refractivity contribution in [2.75, 3.05) is 13.2 Å². The Morgan fingerprint density at radius 1 is 1.38 bits per heavy atom. The third kappa shape index (κ3) is 2.54. The molecule has 0 fully saturated rings. The lowest BCUT2D eigenvalue weighted by atomic mass is 9.97. The van der Waals surface area contributed by atoms with Gasteiger partial charge in [-0.2, -0.15) is 0 Å². The first-order valence-electron chi connectivity index (χ1n) is 8.00. The van der Waals surface area contributed by atoms with Crippen LogP contribution in [0.25, 0.3) is 15.2 Å². The average Bonchev–Trinajstić information content (AvgIpc) is 3.14. The second kappa shape index (κ2) is 6.27. The fourth-order valence-electron chi connectivity index (χ4n) is 3.24. The van der Waals surface area contributed by atoms with Gasteiger partial charge < -0.3 is 10.4 Å². The Kier molecular flexibility index (Phi) is 4.11. The molecule has 1 aliphatic carbocycles. The normalized spacial score (nSPS) is 14.2. The van der Waals surface area contributed by atoms with Crippen LogP contribution in [0.3, 0.4) is 0 Å². The first-order valence-corrected chi connectivity index (χ1v) is 9.69. The third-order valence-corrected chi connectivity index (χ3v) is 6.38. The zero-order chi connectivity index (χ0) is 16.7. The molecule has 8 heteroatoms. The number of fused-ring (bicyclic) bond motifs is 4. The molecule has 4 rings (SSSR count). The molecule has 0 aliphatic heterocycles. The highest BCUT2D eigenvalue weighted by molar-refractivity contribution is 7.19. The van der Waals surface area contributed by atoms with Gasteiger partial charge in [-0.15, -0.1) is 22.7 Å². The highest BCUT2D eigenvalue weighted by Gasteiger charge is 2.22. The fourth-order valence-corrected chi connectivity index (χ4v) is 5.42. The van der Waals surface area contributed by atoms with Crippen molar-refractivity contribution < 1.29 is 9.90 Å². The van der Waals surface area contributed by atoms with E-state index in [1.165, 1.54) is 22.6 Å². The molecule has 0 atom stereocenters. The second-order valence-corrected chi connectivity index (χ2v) is 7.82. The summed E-state index contributed by atoms with van der Waals surface area (Å²) in [5.41, 5.74) is 1.76. The van der Waals surface area contributed by atoms with Crippen molar-refractivity contribution in [3.05, 3.63) is 31.9 Å². The second-order valence-electron chi connectivity index (χ2n) is 5.90. The Hall–Kier alpha value is -1.77. The van der Waals surface area contributed by atoms with Crippen LogP contribution in [-0.4, -0.2) is 33.6 Å². The molecule has 0 unspecified atom stereocenters. The van der Waals surface area contributed by atoms with E-state index in [2.05, 4.69) is 10.3 Å². The van der Waals surface area contributed by atoms with Crippen LogP contribution in [0.1, 0.15) is 29.0 Å². The van der Waals surface area contributed by atoms with Crippen molar-refractivity contribution in [3.8, 4) is 0 Å². The number of carbonyl (C=O) groups excluding carboxylic acids is 1. The number of hydrogen-bond acceptors (Lipinski definition) is 6. The number of aliphatic hydroxyl groups is 1. The van der Waals surface area contributed by atoms with Crippen molar-refractivity contribution in [2.24, 2.45) is 0 Å². The highest BCUT2D eigenvalue weighted by Crippen LogP contribution is 2.34. The van der Waals surface area contributed by atoms with E-state index in [0.29, 0.717) is 10.7 Å². The topological polar surface area (TPSA) is 83.7 Å². The summed E-state index contributed by atoms with van der Waals surface area (Å²) in [6.45, 7) is 0.121. The van der Waals surface area contributed by atoms with Gasteiger partial charge in [0.25, 0.3) is 5.56 Å². The molecule has 126 valence electrons. The summed E-state index contributed by atoms with van der Waals surface area (Å²) in [4.78, 5) is 32.4. The molecule has 24 heavy (non-hydrogen) atoms. The number of aryl methyl sites for hydroxylation is 2. The Morgan fingerprint density at radius 3 is 3.04 bits per heavy atom. The van der Waals surface area contributed by atoms with Crippen LogP contribution in [0, 0.1) is 0 Å². The first kappa shape index (κ1) is 15.7. The van der Waals surface area contributed by atoms with E-state index in [-0.39, 0.29) is 31.0 Å². The standard InChI is InChI=1S/C16H17N3O3S2/c20-6-5-17-12(21)7-9-8-23-16-18-14-13(15(22)19(9)16)10-3-1-2-4-11(10)24-14/h8,20H,1-7H2,(H,17,21). The first-order chi connectivity index (χ1) is 11.7. The molecule has 0 saturated carbocycles. The number of amides is 1. The van der Waals surface area contributed by atoms with Crippen molar-refractivity contribution in [1.29, 1.82) is 0 Å². The average molecular weight is 363 g/mol. The molecule has 0 bridgehead atoms. The van der Waals surface area contributed by atoms with Crippen LogP contribution in [0.5, 0.6) is 0 Å². The van der Waals surface area contributed by atoms with E-state index in [4.69, 9.17) is 5.11 Å². The predicted octanol–water partition coefficient (Wildman–Crippen LogP) is 1.50. The predicted molar refractivity (Wildman–Crippen MR) is 95.2 cm³/mol. The molecule has 3 heterocycles. The molecular formula is C16H17N3O3S2. The maximum atomic E-state index is 13.1. The van der Waals surface area contributed by atoms with Crippen molar-refractivity contribution in [1.82, 2.24) is 14.7 Å². The largest absolute Gasteiger partial charge is 0.395 e. The molecule has 0 spiro atoms. The molecule has 1 aliphatic rings. The lowest BCUT2D eigenvalue weighted by Gasteiger charge is -2.09. The van der Waals surface area contributed by atoms with E-state index in [9.17, 15) is 9.59 Å². The number of rotatable bonds is 4. The van der Waals surface area contributed by atoms with Crippen LogP contribution < -0.4 is 10.9 Å². The quantitative estimate of drug-likeness (QED) is 0.736. The lowest BCUT2D eigenvalue weighted by molar-refractivity contribution is -0.120. The van der Waals surface area contributed by atoms with Gasteiger partial charge >= 0.3 is 0 Å². The Balaban J connectivity index is 1.83. The van der Waals surface area contributed by atoms with Gasteiger partial charge in [0.1, 0.15) is 4.83 Å². The van der Waals surface area contributed by atoms with E-state index in [1.807, 2.05) is 5.38 Å². The van der Waals surface area contributed by atoms with Crippen LogP contribution in [-0.2, 0) is 24.1 Å². The summed E-state index contributed by atoms with van der Waals surface area (Å²) >= 11 is 3.02. The summed E-state index contributed by atoms with van der Waals surface area (Å²) in [7, 11) is 0. The number of aliphatic hydroxyl groups excluding tert-OH is 1. The number of aromatic nitrogens is 2. The van der Waals surface area contributed by atoms with Crippen molar-refractivity contribution in [3.63, 3.8) is 0 Å². The zero-order valence-electron chi connectivity index (χ0n) is 13.0. The van der Waals surface area contributed by atoms with Crippen LogP contribution in [0.2, 0.25) is 0 Å². The minimum Gasteiger partial charge on any atom is -0.395 e. The number of nitrogens with zero attached hydrogens (tertiary/aromatic N) is 2. The van der Waals surface area contributed by atoms with Crippen LogP contribution in [0.15, 0.2) is 10.2 Å². The van der Waals surface area contributed by atoms with Gasteiger partial charge in [-0.3, -0.25) is 14.0 Å². The molecular weight excluding hydrogens is 346 g/mol. The van der Waals surface area contributed by atoms with Gasteiger partial charge in [-0.1, -0.05) is 0 Å². The van der Waals surface area contributed by atoms with E-state index >= 15 is 0 Å². The van der Waals surface area contributed by atoms with Crippen molar-refractivity contribution >= 4 is 43.8 Å². The number of hydrogen-bond donors (Lipinski definition) is 2. The van der Waals surface area contributed by atoms with Gasteiger partial charge in [0.15, 0.2) is 4.96 Å². The van der Waals surface area contributed by atoms with Gasteiger partial charge in [0.05, 0.1) is 18.4 Å². The van der Waals surface area contributed by atoms with Crippen LogP contribution in [0.4, 0.5) is 0 Å². The van der Waals surface area contributed by atoms with Crippen molar-refractivity contribution in [2.45, 2.75) is 32.1 Å². The summed E-state index contributed by atoms with van der Waals surface area (Å²) in [5, 5.41) is 14.0. The fraction of sp³-hybridized carbons (Fsp3) is 0.438. The molecule has 0 radical (unpaired) electrons. The third-order valence-electron chi connectivity index (χ3n) is 4.32. The molecule has 1 amide bonds. The lowest BCUT2D eigenvalue weighted by Crippen LogP contribution is -2.29. The molecule has 0 aromatic carbocycles. The SMILES string of the molecule is O=C(Cc1csc2nc3sc4c(c3c(=O)n12)CCCC4)NCCO. The molecule has 0 saturated heterocycles. The molecule has 3 aromatic rings. The number of carbonyl (C=O) groups is 1. The zero-order valence-corrected chi connectivity index (χ0v) is 14.6. The maximum Gasteiger partial charge on any atom is 0.267 e. The van der Waals surface area contributed by atoms with E-state index in [1.54, 1.807) is 15.7 Å². The molecule has 3 aromatic heterocycles. The summed E-state index contributed by atoms with van der Waals surface area (Å²) < 4.78 is 1.58. The minimum atomic E-state index is -0.205. The maximum absolute atomic E-state index is 13.1. The summed E-state index contributed by atoms with van der Waals surface area (Å²) in [6, 6.07) is 0. The van der Waals surface area contributed by atoms with Gasteiger partial charge in [-0.05, 0) is 31.2 Å². The van der Waals surface area contributed by atoms with E-state index < -0.39 is 0 Å². The Bertz CT molecular complexity index is 986. The van der Waals surface area contributed by atoms with E-state index in [0.717, 1.165) is 35.0 Å². The Labute approximate surface area is 145 Å². The smallest absolute Gasteiger partial charge is 0.267 e.